The van der Waals surface area contributed by atoms with Gasteiger partial charge in [0.25, 0.3) is 0 Å². The Morgan fingerprint density at radius 2 is 1.74 bits per heavy atom. The average Bonchev–Trinajstić information content (AvgIpc) is 2.95. The molecule has 0 spiro atoms. The third kappa shape index (κ3) is 5.89. The minimum Gasteiger partial charge on any atom is -0.478 e. The van der Waals surface area contributed by atoms with Crippen LogP contribution in [0.3, 0.4) is 0 Å². The fraction of sp³-hybridized carbons (Fsp3) is 0.650. The highest BCUT2D eigenvalue weighted by molar-refractivity contribution is 5.89. The molecule has 0 saturated carbocycles. The molecule has 3 nitrogen and oxygen atoms in total. The van der Waals surface area contributed by atoms with Crippen molar-refractivity contribution in [2.75, 3.05) is 5.32 Å². The molecule has 1 aliphatic rings. The molecule has 1 atom stereocenters. The quantitative estimate of drug-likeness (QED) is 0.519. The predicted octanol–water partition coefficient (Wildman–Crippen LogP) is 5.64. The van der Waals surface area contributed by atoms with Gasteiger partial charge in [-0.1, -0.05) is 70.8 Å². The Morgan fingerprint density at radius 1 is 1.09 bits per heavy atom. The van der Waals surface area contributed by atoms with Crippen LogP contribution in [0.15, 0.2) is 18.2 Å². The van der Waals surface area contributed by atoms with Crippen molar-refractivity contribution in [2.24, 2.45) is 0 Å². The lowest BCUT2D eigenvalue weighted by molar-refractivity contribution is 0.0697. The van der Waals surface area contributed by atoms with Gasteiger partial charge in [0.1, 0.15) is 0 Å². The highest BCUT2D eigenvalue weighted by Gasteiger charge is 2.21. The molecule has 3 heteroatoms. The van der Waals surface area contributed by atoms with E-state index in [2.05, 4.69) is 12.2 Å². The van der Waals surface area contributed by atoms with Crippen molar-refractivity contribution in [3.8, 4) is 0 Å². The minimum absolute atomic E-state index is 0.375. The Bertz CT molecular complexity index is 498. The molecule has 128 valence electrons. The van der Waals surface area contributed by atoms with Gasteiger partial charge in [0.15, 0.2) is 0 Å². The number of carbonyl (C=O) groups is 1. The van der Waals surface area contributed by atoms with Crippen LogP contribution in [-0.2, 0) is 6.42 Å². The fourth-order valence-corrected chi connectivity index (χ4v) is 3.43. The van der Waals surface area contributed by atoms with E-state index in [1.165, 1.54) is 69.8 Å². The lowest BCUT2D eigenvalue weighted by Gasteiger charge is -2.11. The van der Waals surface area contributed by atoms with Gasteiger partial charge in [0.2, 0.25) is 0 Å². The van der Waals surface area contributed by atoms with Crippen LogP contribution in [-0.4, -0.2) is 17.1 Å². The van der Waals surface area contributed by atoms with Crippen molar-refractivity contribution < 1.29 is 9.90 Å². The van der Waals surface area contributed by atoms with Gasteiger partial charge in [-0.15, -0.1) is 0 Å². The van der Waals surface area contributed by atoms with Crippen molar-refractivity contribution in [1.29, 1.82) is 0 Å². The van der Waals surface area contributed by atoms with Gasteiger partial charge in [0.05, 0.1) is 5.56 Å². The van der Waals surface area contributed by atoms with Crippen molar-refractivity contribution in [2.45, 2.75) is 83.6 Å². The van der Waals surface area contributed by atoms with E-state index < -0.39 is 5.97 Å². The molecular weight excluding hydrogens is 286 g/mol. The topological polar surface area (TPSA) is 49.3 Å². The summed E-state index contributed by atoms with van der Waals surface area (Å²) in [6.07, 6.45) is 14.5. The Balaban J connectivity index is 1.57. The summed E-state index contributed by atoms with van der Waals surface area (Å²) in [7, 11) is 0. The molecule has 0 amide bonds. The van der Waals surface area contributed by atoms with Gasteiger partial charge in [-0.25, -0.2) is 4.79 Å². The third-order valence-electron chi connectivity index (χ3n) is 4.84. The van der Waals surface area contributed by atoms with Crippen LogP contribution in [0.25, 0.3) is 0 Å². The second-order valence-corrected chi connectivity index (χ2v) is 6.84. The number of carboxylic acids is 1. The molecule has 0 radical (unpaired) electrons. The first-order chi connectivity index (χ1) is 11.2. The van der Waals surface area contributed by atoms with Crippen LogP contribution in [0.4, 0.5) is 5.69 Å². The first-order valence-electron chi connectivity index (χ1n) is 9.33. The predicted molar refractivity (Wildman–Crippen MR) is 96.4 cm³/mol. The SMILES string of the molecule is CCCCCCCCCCC[C@H]1Cc2ccc(C(=O)O)cc2N1. The van der Waals surface area contributed by atoms with Gasteiger partial charge < -0.3 is 10.4 Å². The smallest absolute Gasteiger partial charge is 0.335 e. The van der Waals surface area contributed by atoms with Gasteiger partial charge >= 0.3 is 5.97 Å². The zero-order valence-electron chi connectivity index (χ0n) is 14.4. The first-order valence-corrected chi connectivity index (χ1v) is 9.33. The number of hydrogen-bond donors (Lipinski definition) is 2. The minimum atomic E-state index is -0.850. The molecule has 0 bridgehead atoms. The maximum absolute atomic E-state index is 11.0. The second kappa shape index (κ2) is 9.59. The number of hydrogen-bond acceptors (Lipinski definition) is 2. The third-order valence-corrected chi connectivity index (χ3v) is 4.84. The molecular formula is C20H31NO2. The molecule has 1 aromatic rings. The molecule has 1 aromatic carbocycles. The van der Waals surface area contributed by atoms with E-state index in [1.807, 2.05) is 6.07 Å². The Hall–Kier alpha value is -1.51. The normalized spacial score (nSPS) is 16.1. The Kier molecular flexibility index (Phi) is 7.44. The highest BCUT2D eigenvalue weighted by atomic mass is 16.4. The van der Waals surface area contributed by atoms with Crippen LogP contribution in [0, 0.1) is 0 Å². The number of carboxylic acid groups (broad SMARTS) is 1. The fourth-order valence-electron chi connectivity index (χ4n) is 3.43. The largest absolute Gasteiger partial charge is 0.478 e. The van der Waals surface area contributed by atoms with E-state index in [1.54, 1.807) is 12.1 Å². The average molecular weight is 317 g/mol. The molecule has 0 saturated heterocycles. The summed E-state index contributed by atoms with van der Waals surface area (Å²) in [5.74, 6) is -0.850. The number of anilines is 1. The zero-order chi connectivity index (χ0) is 16.5. The van der Waals surface area contributed by atoms with Gasteiger partial charge in [-0.2, -0.15) is 0 Å². The van der Waals surface area contributed by atoms with E-state index in [4.69, 9.17) is 5.11 Å². The van der Waals surface area contributed by atoms with Crippen LogP contribution in [0.5, 0.6) is 0 Å². The number of unbranched alkanes of at least 4 members (excludes halogenated alkanes) is 8. The van der Waals surface area contributed by atoms with Crippen LogP contribution < -0.4 is 5.32 Å². The molecule has 23 heavy (non-hydrogen) atoms. The second-order valence-electron chi connectivity index (χ2n) is 6.84. The summed E-state index contributed by atoms with van der Waals surface area (Å²) in [4.78, 5) is 11.0. The van der Waals surface area contributed by atoms with Crippen molar-refractivity contribution in [3.63, 3.8) is 0 Å². The molecule has 0 unspecified atom stereocenters. The summed E-state index contributed by atoms with van der Waals surface area (Å²) in [6, 6.07) is 5.93. The van der Waals surface area contributed by atoms with Crippen molar-refractivity contribution in [1.82, 2.24) is 0 Å². The molecule has 1 aliphatic heterocycles. The lowest BCUT2D eigenvalue weighted by atomic mass is 10.0. The van der Waals surface area contributed by atoms with Gasteiger partial charge in [-0.05, 0) is 30.5 Å². The Morgan fingerprint density at radius 3 is 2.39 bits per heavy atom. The summed E-state index contributed by atoms with van der Waals surface area (Å²) in [5.41, 5.74) is 2.65. The maximum atomic E-state index is 11.0. The maximum Gasteiger partial charge on any atom is 0.335 e. The van der Waals surface area contributed by atoms with E-state index in [0.717, 1.165) is 12.1 Å². The molecule has 2 N–H and O–H groups in total. The molecule has 1 heterocycles. The van der Waals surface area contributed by atoms with E-state index in [-0.39, 0.29) is 0 Å². The van der Waals surface area contributed by atoms with E-state index >= 15 is 0 Å². The number of rotatable bonds is 11. The Labute approximate surface area is 140 Å². The lowest BCUT2D eigenvalue weighted by Crippen LogP contribution is -2.14. The first kappa shape index (κ1) is 17.8. The van der Waals surface area contributed by atoms with Crippen LogP contribution in [0.2, 0.25) is 0 Å². The monoisotopic (exact) mass is 317 g/mol. The summed E-state index contributed by atoms with van der Waals surface area (Å²) >= 11 is 0. The van der Waals surface area contributed by atoms with E-state index in [0.29, 0.717) is 11.6 Å². The highest BCUT2D eigenvalue weighted by Crippen LogP contribution is 2.29. The van der Waals surface area contributed by atoms with E-state index in [9.17, 15) is 4.79 Å². The summed E-state index contributed by atoms with van der Waals surface area (Å²) < 4.78 is 0. The van der Waals surface area contributed by atoms with Gasteiger partial charge in [-0.3, -0.25) is 0 Å². The molecule has 2 rings (SSSR count). The molecule has 0 aromatic heterocycles. The molecule has 0 fully saturated rings. The van der Waals surface area contributed by atoms with Crippen LogP contribution in [0.1, 0.15) is 87.1 Å². The number of fused-ring (bicyclic) bond motifs is 1. The number of benzene rings is 1. The van der Waals surface area contributed by atoms with Crippen LogP contribution >= 0.6 is 0 Å². The summed E-state index contributed by atoms with van der Waals surface area (Å²) in [6.45, 7) is 2.26. The van der Waals surface area contributed by atoms with Gasteiger partial charge in [0, 0.05) is 11.7 Å². The van der Waals surface area contributed by atoms with Crippen molar-refractivity contribution in [3.05, 3.63) is 29.3 Å². The molecule has 0 aliphatic carbocycles. The number of aromatic carboxylic acids is 1. The van der Waals surface area contributed by atoms with Crippen molar-refractivity contribution >= 4 is 11.7 Å². The zero-order valence-corrected chi connectivity index (χ0v) is 14.4. The summed E-state index contributed by atoms with van der Waals surface area (Å²) in [5, 5.41) is 12.5. The standard InChI is InChI=1S/C20H31NO2/c1-2-3-4-5-6-7-8-9-10-11-18-14-16-12-13-17(20(22)23)15-19(16)21-18/h12-13,15,18,21H,2-11,14H2,1H3,(H,22,23)/t18-/m0/s1. The number of nitrogens with one attached hydrogen (secondary N) is 1.